The molecule has 0 bridgehead atoms. The number of methoxy groups -OCH3 is 2. The second-order valence-corrected chi connectivity index (χ2v) is 3.20. The van der Waals surface area contributed by atoms with Gasteiger partial charge in [0.1, 0.15) is 17.1 Å². The van der Waals surface area contributed by atoms with E-state index < -0.39 is 0 Å². The Labute approximate surface area is 100.0 Å². The second kappa shape index (κ2) is 6.38. The second-order valence-electron chi connectivity index (χ2n) is 3.20. The van der Waals surface area contributed by atoms with E-state index in [4.69, 9.17) is 14.7 Å². The minimum atomic E-state index is -0.311. The van der Waals surface area contributed by atoms with Gasteiger partial charge in [-0.1, -0.05) is 6.07 Å². The van der Waals surface area contributed by atoms with Crippen LogP contribution in [0.3, 0.4) is 0 Å². The molecule has 0 saturated carbocycles. The number of carbonyl (C=O) groups excluding carboxylic acids is 1. The maximum absolute atomic E-state index is 11.9. The summed E-state index contributed by atoms with van der Waals surface area (Å²) in [5.74, 6) is 0.576. The highest BCUT2D eigenvalue weighted by Gasteiger charge is 2.17. The molecule has 0 heterocycles. The number of rotatable bonds is 5. The van der Waals surface area contributed by atoms with Gasteiger partial charge in [-0.05, 0) is 12.1 Å². The minimum absolute atomic E-state index is 0.267. The molecule has 0 aromatic heterocycles. The van der Waals surface area contributed by atoms with Gasteiger partial charge >= 0.3 is 0 Å². The van der Waals surface area contributed by atoms with E-state index in [1.165, 1.54) is 14.2 Å². The molecule has 1 amide bonds. The normalized spacial score (nSPS) is 9.24. The van der Waals surface area contributed by atoms with Gasteiger partial charge in [0, 0.05) is 6.54 Å². The van der Waals surface area contributed by atoms with Gasteiger partial charge in [0.15, 0.2) is 0 Å². The smallest absolute Gasteiger partial charge is 0.258 e. The van der Waals surface area contributed by atoms with Gasteiger partial charge in [0.05, 0.1) is 26.7 Å². The van der Waals surface area contributed by atoms with Crippen LogP contribution in [0.1, 0.15) is 16.8 Å². The van der Waals surface area contributed by atoms with Crippen LogP contribution in [-0.2, 0) is 0 Å². The number of nitrogens with zero attached hydrogens (tertiary/aromatic N) is 1. The summed E-state index contributed by atoms with van der Waals surface area (Å²) < 4.78 is 10.2. The van der Waals surface area contributed by atoms with E-state index in [0.717, 1.165) is 0 Å². The average Bonchev–Trinajstić information content (AvgIpc) is 2.37. The van der Waals surface area contributed by atoms with Crippen molar-refractivity contribution in [3.8, 4) is 17.6 Å². The summed E-state index contributed by atoms with van der Waals surface area (Å²) in [4.78, 5) is 11.9. The first-order chi connectivity index (χ1) is 8.24. The predicted octanol–water partition coefficient (Wildman–Crippen LogP) is 1.35. The summed E-state index contributed by atoms with van der Waals surface area (Å²) in [6, 6.07) is 7.06. The molecule has 1 N–H and O–H groups in total. The molecule has 1 aromatic rings. The van der Waals surface area contributed by atoms with Gasteiger partial charge in [0.25, 0.3) is 5.91 Å². The highest BCUT2D eigenvalue weighted by molar-refractivity contribution is 5.99. The summed E-state index contributed by atoms with van der Waals surface area (Å²) in [5, 5.41) is 11.0. The van der Waals surface area contributed by atoms with Crippen molar-refractivity contribution < 1.29 is 14.3 Å². The lowest BCUT2D eigenvalue weighted by Crippen LogP contribution is -2.25. The lowest BCUT2D eigenvalue weighted by molar-refractivity contribution is 0.0948. The number of hydrogen-bond donors (Lipinski definition) is 1. The van der Waals surface area contributed by atoms with Crippen LogP contribution in [-0.4, -0.2) is 26.7 Å². The summed E-state index contributed by atoms with van der Waals surface area (Å²) in [5.41, 5.74) is 0.343. The molecule has 0 spiro atoms. The molecule has 90 valence electrons. The van der Waals surface area contributed by atoms with Gasteiger partial charge in [-0.2, -0.15) is 5.26 Å². The van der Waals surface area contributed by atoms with Crippen molar-refractivity contribution >= 4 is 5.91 Å². The third kappa shape index (κ3) is 3.11. The number of amides is 1. The summed E-state index contributed by atoms with van der Waals surface area (Å²) in [6.45, 7) is 0.302. The predicted molar refractivity (Wildman–Crippen MR) is 62.1 cm³/mol. The molecule has 1 rings (SSSR count). The number of carbonyl (C=O) groups is 1. The zero-order valence-electron chi connectivity index (χ0n) is 9.82. The molecule has 0 aliphatic heterocycles. The number of benzene rings is 1. The maximum atomic E-state index is 11.9. The lowest BCUT2D eigenvalue weighted by atomic mass is 10.1. The van der Waals surface area contributed by atoms with Crippen molar-refractivity contribution in [2.75, 3.05) is 20.8 Å². The van der Waals surface area contributed by atoms with Crippen molar-refractivity contribution in [3.63, 3.8) is 0 Å². The van der Waals surface area contributed by atoms with Crippen LogP contribution in [0.5, 0.6) is 11.5 Å². The van der Waals surface area contributed by atoms with Crippen LogP contribution in [0.15, 0.2) is 18.2 Å². The molecule has 0 fully saturated rings. The number of nitriles is 1. The third-order valence-electron chi connectivity index (χ3n) is 2.18. The topological polar surface area (TPSA) is 71.3 Å². The fourth-order valence-electron chi connectivity index (χ4n) is 1.40. The largest absolute Gasteiger partial charge is 0.496 e. The molecule has 1 aromatic carbocycles. The Morgan fingerprint density at radius 1 is 1.35 bits per heavy atom. The Balaban J connectivity index is 2.94. The van der Waals surface area contributed by atoms with Crippen LogP contribution in [0, 0.1) is 11.3 Å². The Bertz CT molecular complexity index is 416. The molecule has 0 aliphatic rings. The lowest BCUT2D eigenvalue weighted by Gasteiger charge is -2.12. The van der Waals surface area contributed by atoms with E-state index in [2.05, 4.69) is 5.32 Å². The van der Waals surface area contributed by atoms with Crippen molar-refractivity contribution in [3.05, 3.63) is 23.8 Å². The molecular weight excluding hydrogens is 220 g/mol. The van der Waals surface area contributed by atoms with Crippen LogP contribution < -0.4 is 14.8 Å². The summed E-state index contributed by atoms with van der Waals surface area (Å²) in [7, 11) is 2.97. The first kappa shape index (κ1) is 12.8. The van der Waals surface area contributed by atoms with Crippen molar-refractivity contribution in [1.29, 1.82) is 5.26 Å². The molecule has 5 heteroatoms. The molecule has 0 aliphatic carbocycles. The first-order valence-corrected chi connectivity index (χ1v) is 5.10. The Kier molecular flexibility index (Phi) is 4.82. The Morgan fingerprint density at radius 3 is 2.41 bits per heavy atom. The third-order valence-corrected chi connectivity index (χ3v) is 2.18. The Morgan fingerprint density at radius 2 is 1.94 bits per heavy atom. The highest BCUT2D eigenvalue weighted by Crippen LogP contribution is 2.27. The summed E-state index contributed by atoms with van der Waals surface area (Å²) in [6.07, 6.45) is 0.267. The molecule has 0 atom stereocenters. The summed E-state index contributed by atoms with van der Waals surface area (Å²) >= 11 is 0. The van der Waals surface area contributed by atoms with E-state index in [0.29, 0.717) is 23.6 Å². The standard InChI is InChI=1S/C12H14N2O3/c1-16-9-5-3-6-10(17-2)11(9)12(15)14-8-4-7-13/h3,5-6H,4,8H2,1-2H3,(H,14,15). The van der Waals surface area contributed by atoms with Gasteiger partial charge in [-0.15, -0.1) is 0 Å². The van der Waals surface area contributed by atoms with Crippen molar-refractivity contribution in [2.24, 2.45) is 0 Å². The van der Waals surface area contributed by atoms with Crippen molar-refractivity contribution in [1.82, 2.24) is 5.32 Å². The molecular formula is C12H14N2O3. The quantitative estimate of drug-likeness (QED) is 0.780. The minimum Gasteiger partial charge on any atom is -0.496 e. The van der Waals surface area contributed by atoms with Crippen LogP contribution in [0.2, 0.25) is 0 Å². The molecule has 5 nitrogen and oxygen atoms in total. The molecule has 0 saturated heterocycles. The van der Waals surface area contributed by atoms with Gasteiger partial charge < -0.3 is 14.8 Å². The van der Waals surface area contributed by atoms with E-state index in [-0.39, 0.29) is 12.3 Å². The zero-order valence-corrected chi connectivity index (χ0v) is 9.82. The number of ether oxygens (including phenoxy) is 2. The molecule has 0 radical (unpaired) electrons. The average molecular weight is 234 g/mol. The zero-order chi connectivity index (χ0) is 12.7. The van der Waals surface area contributed by atoms with E-state index in [1.54, 1.807) is 18.2 Å². The number of nitrogens with one attached hydrogen (secondary N) is 1. The molecule has 17 heavy (non-hydrogen) atoms. The SMILES string of the molecule is COc1cccc(OC)c1C(=O)NCCC#N. The van der Waals surface area contributed by atoms with Crippen LogP contribution >= 0.6 is 0 Å². The fourth-order valence-corrected chi connectivity index (χ4v) is 1.40. The molecule has 0 unspecified atom stereocenters. The van der Waals surface area contributed by atoms with Gasteiger partial charge in [-0.3, -0.25) is 4.79 Å². The fraction of sp³-hybridized carbons (Fsp3) is 0.333. The number of hydrogen-bond acceptors (Lipinski definition) is 4. The van der Waals surface area contributed by atoms with E-state index in [9.17, 15) is 4.79 Å². The van der Waals surface area contributed by atoms with Crippen LogP contribution in [0.4, 0.5) is 0 Å². The maximum Gasteiger partial charge on any atom is 0.258 e. The van der Waals surface area contributed by atoms with E-state index in [1.807, 2.05) is 6.07 Å². The van der Waals surface area contributed by atoms with Gasteiger partial charge in [0.2, 0.25) is 0 Å². The van der Waals surface area contributed by atoms with Crippen LogP contribution in [0.25, 0.3) is 0 Å². The monoisotopic (exact) mass is 234 g/mol. The first-order valence-electron chi connectivity index (χ1n) is 5.10. The van der Waals surface area contributed by atoms with E-state index >= 15 is 0 Å². The van der Waals surface area contributed by atoms with Gasteiger partial charge in [-0.25, -0.2) is 0 Å². The highest BCUT2D eigenvalue weighted by atomic mass is 16.5. The van der Waals surface area contributed by atoms with Crippen molar-refractivity contribution in [2.45, 2.75) is 6.42 Å². The Hall–Kier alpha value is -2.22.